The van der Waals surface area contributed by atoms with Crippen LogP contribution in [0.3, 0.4) is 0 Å². The number of hydrogen-bond acceptors (Lipinski definition) is 3. The maximum atomic E-state index is 12.2. The summed E-state index contributed by atoms with van der Waals surface area (Å²) < 4.78 is 0. The third-order valence-electron chi connectivity index (χ3n) is 4.61. The molecule has 2 N–H and O–H groups in total. The maximum absolute atomic E-state index is 12.2. The molecule has 0 bridgehead atoms. The summed E-state index contributed by atoms with van der Waals surface area (Å²) in [5.41, 5.74) is 5.96. The molecule has 114 valence electrons. The van der Waals surface area contributed by atoms with Gasteiger partial charge in [0.2, 0.25) is 11.8 Å². The highest BCUT2D eigenvalue weighted by Gasteiger charge is 2.31. The van der Waals surface area contributed by atoms with E-state index in [1.165, 1.54) is 6.42 Å². The standard InChI is InChI=1S/C15H27N3O2/c1-17(12-14(20)18-9-5-6-10-18)13(19)11-15(16)7-3-2-4-8-15/h2-12,16H2,1H3. The number of likely N-dealkylation sites (tertiary alicyclic amines) is 1. The van der Waals surface area contributed by atoms with Crippen LogP contribution in [0.4, 0.5) is 0 Å². The second-order valence-corrected chi connectivity index (χ2v) is 6.44. The summed E-state index contributed by atoms with van der Waals surface area (Å²) in [5.74, 6) is 0.0648. The predicted octanol–water partition coefficient (Wildman–Crippen LogP) is 1.12. The molecule has 2 fully saturated rings. The molecule has 0 spiro atoms. The quantitative estimate of drug-likeness (QED) is 0.839. The van der Waals surface area contributed by atoms with Crippen molar-refractivity contribution in [1.82, 2.24) is 9.80 Å². The lowest BCUT2D eigenvalue weighted by molar-refractivity contribution is -0.139. The molecule has 1 saturated carbocycles. The minimum atomic E-state index is -0.347. The fraction of sp³-hybridized carbons (Fsp3) is 0.867. The second-order valence-electron chi connectivity index (χ2n) is 6.44. The highest BCUT2D eigenvalue weighted by atomic mass is 16.2. The monoisotopic (exact) mass is 281 g/mol. The average Bonchev–Trinajstić information content (AvgIpc) is 2.92. The molecular formula is C15H27N3O2. The Balaban J connectivity index is 1.80. The summed E-state index contributed by atoms with van der Waals surface area (Å²) in [7, 11) is 1.71. The normalized spacial score (nSPS) is 21.8. The van der Waals surface area contributed by atoms with Gasteiger partial charge in [-0.2, -0.15) is 0 Å². The van der Waals surface area contributed by atoms with Crippen LogP contribution in [0.2, 0.25) is 0 Å². The molecule has 2 aliphatic rings. The summed E-state index contributed by atoms with van der Waals surface area (Å²) >= 11 is 0. The zero-order valence-corrected chi connectivity index (χ0v) is 12.6. The summed E-state index contributed by atoms with van der Waals surface area (Å²) in [4.78, 5) is 27.7. The topological polar surface area (TPSA) is 66.6 Å². The van der Waals surface area contributed by atoms with Crippen molar-refractivity contribution in [2.75, 3.05) is 26.7 Å². The van der Waals surface area contributed by atoms with Crippen molar-refractivity contribution in [1.29, 1.82) is 0 Å². The Hall–Kier alpha value is -1.10. The number of nitrogens with zero attached hydrogens (tertiary/aromatic N) is 2. The van der Waals surface area contributed by atoms with Crippen LogP contribution in [0.25, 0.3) is 0 Å². The third kappa shape index (κ3) is 3.95. The minimum Gasteiger partial charge on any atom is -0.341 e. The van der Waals surface area contributed by atoms with Gasteiger partial charge in [0, 0.05) is 32.1 Å². The van der Waals surface area contributed by atoms with Gasteiger partial charge in [0.05, 0.1) is 6.54 Å². The highest BCUT2D eigenvalue weighted by Crippen LogP contribution is 2.29. The van der Waals surface area contributed by atoms with E-state index in [-0.39, 0.29) is 23.9 Å². The molecule has 0 unspecified atom stereocenters. The average molecular weight is 281 g/mol. The van der Waals surface area contributed by atoms with Gasteiger partial charge >= 0.3 is 0 Å². The Labute approximate surface area is 121 Å². The zero-order chi connectivity index (χ0) is 14.6. The summed E-state index contributed by atoms with van der Waals surface area (Å²) in [6.07, 6.45) is 7.82. The van der Waals surface area contributed by atoms with Crippen LogP contribution in [0.15, 0.2) is 0 Å². The smallest absolute Gasteiger partial charge is 0.242 e. The molecule has 0 aromatic heterocycles. The molecule has 0 aromatic rings. The molecular weight excluding hydrogens is 254 g/mol. The molecule has 0 aromatic carbocycles. The van der Waals surface area contributed by atoms with Crippen LogP contribution in [-0.4, -0.2) is 53.8 Å². The van der Waals surface area contributed by atoms with Gasteiger partial charge in [-0.1, -0.05) is 19.3 Å². The van der Waals surface area contributed by atoms with E-state index < -0.39 is 0 Å². The Morgan fingerprint density at radius 1 is 1.10 bits per heavy atom. The number of rotatable bonds is 4. The van der Waals surface area contributed by atoms with Crippen LogP contribution < -0.4 is 5.73 Å². The van der Waals surface area contributed by atoms with Gasteiger partial charge in [-0.3, -0.25) is 9.59 Å². The van der Waals surface area contributed by atoms with E-state index in [0.717, 1.165) is 51.6 Å². The number of carbonyl (C=O) groups is 2. The molecule has 1 saturated heterocycles. The van der Waals surface area contributed by atoms with Crippen LogP contribution in [0.1, 0.15) is 51.4 Å². The first kappa shape index (κ1) is 15.3. The van der Waals surface area contributed by atoms with Crippen molar-refractivity contribution in [3.63, 3.8) is 0 Å². The van der Waals surface area contributed by atoms with Crippen LogP contribution in [0, 0.1) is 0 Å². The van der Waals surface area contributed by atoms with Crippen molar-refractivity contribution in [3.8, 4) is 0 Å². The Morgan fingerprint density at radius 2 is 1.70 bits per heavy atom. The van der Waals surface area contributed by atoms with Crippen molar-refractivity contribution in [2.24, 2.45) is 5.73 Å². The van der Waals surface area contributed by atoms with Gasteiger partial charge in [-0.25, -0.2) is 0 Å². The first-order valence-electron chi connectivity index (χ1n) is 7.81. The molecule has 1 aliphatic carbocycles. The van der Waals surface area contributed by atoms with E-state index in [9.17, 15) is 9.59 Å². The lowest BCUT2D eigenvalue weighted by Crippen LogP contribution is -2.48. The summed E-state index contributed by atoms with van der Waals surface area (Å²) in [5, 5.41) is 0. The van der Waals surface area contributed by atoms with Crippen LogP contribution in [-0.2, 0) is 9.59 Å². The van der Waals surface area contributed by atoms with E-state index in [1.807, 2.05) is 4.90 Å². The summed E-state index contributed by atoms with van der Waals surface area (Å²) in [6, 6.07) is 0. The second kappa shape index (κ2) is 6.57. The first-order chi connectivity index (χ1) is 9.50. The van der Waals surface area contributed by atoms with Crippen LogP contribution in [0.5, 0.6) is 0 Å². The molecule has 20 heavy (non-hydrogen) atoms. The highest BCUT2D eigenvalue weighted by molar-refractivity contribution is 5.85. The van der Waals surface area contributed by atoms with Gasteiger partial charge in [0.15, 0.2) is 0 Å². The largest absolute Gasteiger partial charge is 0.341 e. The maximum Gasteiger partial charge on any atom is 0.242 e. The fourth-order valence-electron chi connectivity index (χ4n) is 3.23. The number of likely N-dealkylation sites (N-methyl/N-ethyl adjacent to an activating group) is 1. The van der Waals surface area contributed by atoms with Gasteiger partial charge in [0.25, 0.3) is 0 Å². The first-order valence-corrected chi connectivity index (χ1v) is 7.81. The van der Waals surface area contributed by atoms with Gasteiger partial charge < -0.3 is 15.5 Å². The molecule has 1 aliphatic heterocycles. The van der Waals surface area contributed by atoms with Crippen molar-refractivity contribution < 1.29 is 9.59 Å². The third-order valence-corrected chi connectivity index (χ3v) is 4.61. The molecule has 0 radical (unpaired) electrons. The summed E-state index contributed by atoms with van der Waals surface area (Å²) in [6.45, 7) is 1.86. The molecule has 1 heterocycles. The zero-order valence-electron chi connectivity index (χ0n) is 12.6. The molecule has 5 nitrogen and oxygen atoms in total. The van der Waals surface area contributed by atoms with Gasteiger partial charge in [-0.15, -0.1) is 0 Å². The lowest BCUT2D eigenvalue weighted by Gasteiger charge is -2.34. The number of hydrogen-bond donors (Lipinski definition) is 1. The minimum absolute atomic E-state index is 0.00180. The molecule has 0 atom stereocenters. The number of carbonyl (C=O) groups excluding carboxylic acids is 2. The van der Waals surface area contributed by atoms with Crippen molar-refractivity contribution in [2.45, 2.75) is 56.9 Å². The predicted molar refractivity (Wildman–Crippen MR) is 78.1 cm³/mol. The number of amides is 2. The Kier molecular flexibility index (Phi) is 5.02. The molecule has 2 rings (SSSR count). The number of nitrogens with two attached hydrogens (primary N) is 1. The van der Waals surface area contributed by atoms with Gasteiger partial charge in [-0.05, 0) is 25.7 Å². The van der Waals surface area contributed by atoms with E-state index >= 15 is 0 Å². The van der Waals surface area contributed by atoms with E-state index in [0.29, 0.717) is 6.42 Å². The van der Waals surface area contributed by atoms with E-state index in [4.69, 9.17) is 5.73 Å². The van der Waals surface area contributed by atoms with Crippen molar-refractivity contribution in [3.05, 3.63) is 0 Å². The van der Waals surface area contributed by atoms with Crippen LogP contribution >= 0.6 is 0 Å². The lowest BCUT2D eigenvalue weighted by atomic mass is 9.80. The van der Waals surface area contributed by atoms with Gasteiger partial charge in [0.1, 0.15) is 0 Å². The van der Waals surface area contributed by atoms with Crippen molar-refractivity contribution >= 4 is 11.8 Å². The SMILES string of the molecule is CN(CC(=O)N1CCCC1)C(=O)CC1(N)CCCCC1. The fourth-order valence-corrected chi connectivity index (χ4v) is 3.23. The molecule has 5 heteroatoms. The molecule has 2 amide bonds. The Bertz CT molecular complexity index is 358. The van der Waals surface area contributed by atoms with E-state index in [1.54, 1.807) is 11.9 Å². The van der Waals surface area contributed by atoms with E-state index in [2.05, 4.69) is 0 Å². The Morgan fingerprint density at radius 3 is 2.30 bits per heavy atom.